The Morgan fingerprint density at radius 2 is 1.72 bits per heavy atom. The maximum Gasteiger partial charge on any atom is 0.255 e. The van der Waals surface area contributed by atoms with Crippen LogP contribution in [-0.2, 0) is 6.54 Å². The van der Waals surface area contributed by atoms with Crippen LogP contribution < -0.4 is 10.1 Å². The van der Waals surface area contributed by atoms with Crippen molar-refractivity contribution < 1.29 is 9.53 Å². The lowest BCUT2D eigenvalue weighted by Gasteiger charge is -2.09. The molecular weight excluding hydrogens is 225 g/mol. The van der Waals surface area contributed by atoms with Gasteiger partial charge >= 0.3 is 0 Å². The summed E-state index contributed by atoms with van der Waals surface area (Å²) in [6.07, 6.45) is 0. The fourth-order valence-electron chi connectivity index (χ4n) is 1.71. The Balaban J connectivity index is 2.04. The summed E-state index contributed by atoms with van der Waals surface area (Å²) in [4.78, 5) is 12.0. The van der Waals surface area contributed by atoms with Crippen LogP contribution in [0.3, 0.4) is 0 Å². The van der Waals surface area contributed by atoms with Crippen LogP contribution in [0.15, 0.2) is 54.6 Å². The van der Waals surface area contributed by atoms with Crippen molar-refractivity contribution in [3.8, 4) is 5.75 Å². The highest BCUT2D eigenvalue weighted by Gasteiger charge is 2.10. The largest absolute Gasteiger partial charge is 0.496 e. The molecular formula is C15H15NO2. The summed E-state index contributed by atoms with van der Waals surface area (Å²) in [5.41, 5.74) is 1.62. The first-order valence-electron chi connectivity index (χ1n) is 5.76. The maximum absolute atomic E-state index is 12.0. The third-order valence-corrected chi connectivity index (χ3v) is 2.65. The Labute approximate surface area is 106 Å². The highest BCUT2D eigenvalue weighted by molar-refractivity contribution is 5.96. The number of methoxy groups -OCH3 is 1. The zero-order valence-corrected chi connectivity index (χ0v) is 10.2. The van der Waals surface area contributed by atoms with E-state index < -0.39 is 0 Å². The molecule has 2 aromatic carbocycles. The van der Waals surface area contributed by atoms with E-state index in [2.05, 4.69) is 5.32 Å². The lowest BCUT2D eigenvalue weighted by molar-refractivity contribution is 0.0948. The SMILES string of the molecule is COc1ccccc1[11C](=O)NCc1ccccc1. The van der Waals surface area contributed by atoms with Crippen LogP contribution >= 0.6 is 0 Å². The predicted octanol–water partition coefficient (Wildman–Crippen LogP) is 2.63. The maximum atomic E-state index is 12.0. The summed E-state index contributed by atoms with van der Waals surface area (Å²) in [6, 6.07) is 17.0. The zero-order valence-electron chi connectivity index (χ0n) is 10.2. The van der Waals surface area contributed by atoms with E-state index in [0.29, 0.717) is 17.9 Å². The number of nitrogens with one attached hydrogen (secondary N) is 1. The van der Waals surface area contributed by atoms with E-state index in [1.807, 2.05) is 42.5 Å². The van der Waals surface area contributed by atoms with Crippen molar-refractivity contribution in [3.63, 3.8) is 0 Å². The van der Waals surface area contributed by atoms with Gasteiger partial charge < -0.3 is 10.1 Å². The average Bonchev–Trinajstić information content (AvgIpc) is 2.45. The third-order valence-electron chi connectivity index (χ3n) is 2.65. The van der Waals surface area contributed by atoms with Crippen molar-refractivity contribution in [3.05, 3.63) is 65.7 Å². The minimum absolute atomic E-state index is 0.128. The van der Waals surface area contributed by atoms with Gasteiger partial charge in [-0.05, 0) is 17.7 Å². The summed E-state index contributed by atoms with van der Waals surface area (Å²) < 4.78 is 5.16. The second-order valence-corrected chi connectivity index (χ2v) is 3.87. The van der Waals surface area contributed by atoms with Gasteiger partial charge in [0.05, 0.1) is 12.7 Å². The van der Waals surface area contributed by atoms with Crippen molar-refractivity contribution in [1.82, 2.24) is 5.32 Å². The Kier molecular flexibility index (Phi) is 3.97. The molecule has 0 bridgehead atoms. The summed E-state index contributed by atoms with van der Waals surface area (Å²) in [5.74, 6) is 0.458. The lowest BCUT2D eigenvalue weighted by atomic mass is 9.87. The van der Waals surface area contributed by atoms with Crippen LogP contribution in [0.2, 0.25) is 0 Å². The number of carbonyl (C=O) groups is 1. The summed E-state index contributed by atoms with van der Waals surface area (Å²) >= 11 is 0. The molecule has 0 spiro atoms. The van der Waals surface area contributed by atoms with E-state index in [1.165, 1.54) is 0 Å². The minimum atomic E-state index is -0.128. The Hall–Kier alpha value is -2.29. The van der Waals surface area contributed by atoms with Gasteiger partial charge in [0.2, 0.25) is 0 Å². The van der Waals surface area contributed by atoms with Crippen LogP contribution in [0.4, 0.5) is 0 Å². The first kappa shape index (κ1) is 12.2. The quantitative estimate of drug-likeness (QED) is 0.892. The van der Waals surface area contributed by atoms with Gasteiger partial charge in [-0.3, -0.25) is 4.79 Å². The number of hydrogen-bond acceptors (Lipinski definition) is 2. The average molecular weight is 240 g/mol. The molecule has 1 amide bonds. The molecule has 2 aromatic rings. The van der Waals surface area contributed by atoms with Crippen LogP contribution in [0.1, 0.15) is 15.9 Å². The lowest BCUT2D eigenvalue weighted by Crippen LogP contribution is -2.23. The van der Waals surface area contributed by atoms with E-state index in [4.69, 9.17) is 4.74 Å². The van der Waals surface area contributed by atoms with Gasteiger partial charge in [0.15, 0.2) is 0 Å². The first-order valence-corrected chi connectivity index (χ1v) is 5.76. The predicted molar refractivity (Wildman–Crippen MR) is 70.6 cm³/mol. The van der Waals surface area contributed by atoms with E-state index in [9.17, 15) is 4.79 Å². The second-order valence-electron chi connectivity index (χ2n) is 3.87. The third kappa shape index (κ3) is 2.88. The normalized spacial score (nSPS) is 9.83. The summed E-state index contributed by atoms with van der Waals surface area (Å²) in [6.45, 7) is 0.512. The number of rotatable bonds is 4. The number of para-hydroxylation sites is 1. The molecule has 0 heterocycles. The topological polar surface area (TPSA) is 38.3 Å². The Bertz CT molecular complexity index is 523. The van der Waals surface area contributed by atoms with Crippen molar-refractivity contribution in [2.24, 2.45) is 0 Å². The van der Waals surface area contributed by atoms with Gasteiger partial charge in [-0.15, -0.1) is 0 Å². The molecule has 0 saturated heterocycles. The van der Waals surface area contributed by atoms with Crippen molar-refractivity contribution >= 4 is 5.91 Å². The molecule has 0 saturated carbocycles. The number of ether oxygens (including phenoxy) is 1. The standard InChI is InChI=1S/C15H15NO2/c1-18-14-10-6-5-9-13(14)15(17)16-11-12-7-3-2-4-8-12/h2-10H,11H2,1H3,(H,16,17)/i15-1. The van der Waals surface area contributed by atoms with E-state index in [-0.39, 0.29) is 5.91 Å². The van der Waals surface area contributed by atoms with Crippen LogP contribution in [0.25, 0.3) is 0 Å². The van der Waals surface area contributed by atoms with Crippen LogP contribution in [0, 0.1) is 0 Å². The Morgan fingerprint density at radius 3 is 2.44 bits per heavy atom. The molecule has 1 N–H and O–H groups in total. The molecule has 0 aliphatic heterocycles. The molecule has 0 aliphatic rings. The number of hydrogen-bond donors (Lipinski definition) is 1. The molecule has 18 heavy (non-hydrogen) atoms. The molecule has 2 rings (SSSR count). The van der Waals surface area contributed by atoms with E-state index in [0.717, 1.165) is 5.56 Å². The van der Waals surface area contributed by atoms with Crippen LogP contribution in [-0.4, -0.2) is 13.0 Å². The van der Waals surface area contributed by atoms with Crippen molar-refractivity contribution in [1.29, 1.82) is 0 Å². The van der Waals surface area contributed by atoms with Gasteiger partial charge in [0.1, 0.15) is 5.75 Å². The molecule has 3 heteroatoms. The van der Waals surface area contributed by atoms with E-state index in [1.54, 1.807) is 19.2 Å². The van der Waals surface area contributed by atoms with Gasteiger partial charge in [0.25, 0.3) is 5.91 Å². The highest BCUT2D eigenvalue weighted by atomic mass is 16.5. The molecule has 0 aromatic heterocycles. The molecule has 0 fully saturated rings. The summed E-state index contributed by atoms with van der Waals surface area (Å²) in [7, 11) is 1.56. The van der Waals surface area contributed by atoms with Gasteiger partial charge in [-0.1, -0.05) is 42.5 Å². The van der Waals surface area contributed by atoms with Crippen molar-refractivity contribution in [2.75, 3.05) is 7.11 Å². The molecule has 0 radical (unpaired) electrons. The minimum Gasteiger partial charge on any atom is -0.496 e. The Morgan fingerprint density at radius 1 is 1.06 bits per heavy atom. The fourth-order valence-corrected chi connectivity index (χ4v) is 1.71. The molecule has 0 aliphatic carbocycles. The van der Waals surface area contributed by atoms with Crippen molar-refractivity contribution in [2.45, 2.75) is 6.54 Å². The monoisotopic (exact) mass is 240 g/mol. The molecule has 0 atom stereocenters. The number of benzene rings is 2. The number of amides is 1. The highest BCUT2D eigenvalue weighted by Crippen LogP contribution is 2.16. The van der Waals surface area contributed by atoms with Crippen LogP contribution in [0.5, 0.6) is 5.75 Å². The molecule has 92 valence electrons. The first-order chi connectivity index (χ1) is 8.81. The van der Waals surface area contributed by atoms with Gasteiger partial charge in [-0.2, -0.15) is 0 Å². The van der Waals surface area contributed by atoms with Gasteiger partial charge in [-0.25, -0.2) is 0 Å². The zero-order chi connectivity index (χ0) is 12.8. The molecule has 3 nitrogen and oxygen atoms in total. The number of carbonyl (C=O) groups excluding carboxylic acids is 1. The molecule has 0 unspecified atom stereocenters. The van der Waals surface area contributed by atoms with Gasteiger partial charge in [0, 0.05) is 6.54 Å². The van der Waals surface area contributed by atoms with E-state index >= 15 is 0 Å². The summed E-state index contributed by atoms with van der Waals surface area (Å²) in [5, 5.41) is 2.87. The fraction of sp³-hybridized carbons (Fsp3) is 0.133. The smallest absolute Gasteiger partial charge is 0.255 e. The second kappa shape index (κ2) is 5.87.